The van der Waals surface area contributed by atoms with Crippen molar-refractivity contribution in [2.75, 3.05) is 11.4 Å². The van der Waals surface area contributed by atoms with E-state index in [1.54, 1.807) is 12.1 Å². The van der Waals surface area contributed by atoms with Crippen molar-refractivity contribution in [3.8, 4) is 0 Å². The smallest absolute Gasteiger partial charge is 0.255 e. The van der Waals surface area contributed by atoms with Gasteiger partial charge in [0, 0.05) is 5.56 Å². The van der Waals surface area contributed by atoms with Crippen LogP contribution in [0.25, 0.3) is 0 Å². The Labute approximate surface area is 133 Å². The van der Waals surface area contributed by atoms with Crippen molar-refractivity contribution in [2.45, 2.75) is 6.17 Å². The monoisotopic (exact) mass is 365 g/mol. The second-order valence-electron chi connectivity index (χ2n) is 4.67. The molecule has 1 aliphatic rings. The van der Waals surface area contributed by atoms with E-state index in [9.17, 15) is 9.59 Å². The average Bonchev–Trinajstić information content (AvgIpc) is 2.88. The fourth-order valence-corrected chi connectivity index (χ4v) is 3.60. The van der Waals surface area contributed by atoms with Crippen LogP contribution in [0.1, 0.15) is 22.1 Å². The number of rotatable bonds is 3. The Morgan fingerprint density at radius 3 is 2.86 bits per heavy atom. The lowest BCUT2D eigenvalue weighted by molar-refractivity contribution is -0.116. The highest BCUT2D eigenvalue weighted by molar-refractivity contribution is 9.11. The number of nitrogens with one attached hydrogen (secondary N) is 1. The molecule has 0 unspecified atom stereocenters. The van der Waals surface area contributed by atoms with Crippen LogP contribution in [-0.4, -0.2) is 18.4 Å². The molecule has 2 heterocycles. The molecule has 21 heavy (non-hydrogen) atoms. The molecule has 1 atom stereocenters. The summed E-state index contributed by atoms with van der Waals surface area (Å²) in [6.45, 7) is 0.0371. The second-order valence-corrected chi connectivity index (χ2v) is 6.96. The molecular weight excluding hydrogens is 354 g/mol. The largest absolute Gasteiger partial charge is 0.368 e. The van der Waals surface area contributed by atoms with E-state index in [0.29, 0.717) is 11.3 Å². The molecule has 0 saturated carbocycles. The molecule has 0 fully saturated rings. The van der Waals surface area contributed by atoms with Crippen molar-refractivity contribution in [1.82, 2.24) is 5.32 Å². The standard InChI is InChI=1S/C14H12BrN3O2S/c15-11-5-8(7-21-11)13-17-14(20)9-3-1-2-4-10(9)18(13)6-12(16)19/h1-5,7,13H,6H2,(H2,16,19)(H,17,20)/t13-/m1/s1. The van der Waals surface area contributed by atoms with Crippen LogP contribution >= 0.6 is 27.3 Å². The Morgan fingerprint density at radius 1 is 1.43 bits per heavy atom. The molecule has 0 radical (unpaired) electrons. The number of anilines is 1. The number of thiophene rings is 1. The molecule has 2 amide bonds. The fourth-order valence-electron chi connectivity index (χ4n) is 2.41. The predicted octanol–water partition coefficient (Wildman–Crippen LogP) is 2.24. The summed E-state index contributed by atoms with van der Waals surface area (Å²) in [6.07, 6.45) is -0.401. The number of hydrogen-bond donors (Lipinski definition) is 2. The zero-order valence-corrected chi connectivity index (χ0v) is 13.3. The Kier molecular flexibility index (Phi) is 3.69. The van der Waals surface area contributed by atoms with Gasteiger partial charge in [-0.3, -0.25) is 9.59 Å². The summed E-state index contributed by atoms with van der Waals surface area (Å²) in [5.74, 6) is -0.598. The number of carbonyl (C=O) groups excluding carboxylic acids is 2. The maximum atomic E-state index is 12.2. The number of amides is 2. The van der Waals surface area contributed by atoms with Gasteiger partial charge in [0.25, 0.3) is 5.91 Å². The molecule has 7 heteroatoms. The van der Waals surface area contributed by atoms with E-state index in [1.165, 1.54) is 11.3 Å². The molecule has 0 saturated heterocycles. The van der Waals surface area contributed by atoms with E-state index in [0.717, 1.165) is 9.35 Å². The number of fused-ring (bicyclic) bond motifs is 1. The maximum Gasteiger partial charge on any atom is 0.255 e. The van der Waals surface area contributed by atoms with Gasteiger partial charge in [-0.05, 0) is 39.5 Å². The highest BCUT2D eigenvalue weighted by Gasteiger charge is 2.32. The van der Waals surface area contributed by atoms with Gasteiger partial charge < -0.3 is 16.0 Å². The number of benzene rings is 1. The van der Waals surface area contributed by atoms with E-state index in [1.807, 2.05) is 28.5 Å². The molecule has 0 aliphatic carbocycles. The van der Waals surface area contributed by atoms with Crippen molar-refractivity contribution in [3.63, 3.8) is 0 Å². The van der Waals surface area contributed by atoms with Crippen LogP contribution < -0.4 is 16.0 Å². The Hall–Kier alpha value is -1.86. The number of para-hydroxylation sites is 1. The number of carbonyl (C=O) groups is 2. The third kappa shape index (κ3) is 2.66. The first-order valence-corrected chi connectivity index (χ1v) is 7.92. The van der Waals surface area contributed by atoms with Gasteiger partial charge >= 0.3 is 0 Å². The van der Waals surface area contributed by atoms with Crippen LogP contribution in [0, 0.1) is 0 Å². The van der Waals surface area contributed by atoms with Crippen LogP contribution in [-0.2, 0) is 4.79 Å². The molecule has 1 aliphatic heterocycles. The zero-order valence-electron chi connectivity index (χ0n) is 10.9. The van der Waals surface area contributed by atoms with Gasteiger partial charge in [0.15, 0.2) is 0 Å². The third-order valence-corrected chi connectivity index (χ3v) is 4.79. The predicted molar refractivity (Wildman–Crippen MR) is 85.2 cm³/mol. The summed E-state index contributed by atoms with van der Waals surface area (Å²) in [7, 11) is 0. The minimum absolute atomic E-state index is 0.0371. The quantitative estimate of drug-likeness (QED) is 0.875. The minimum atomic E-state index is -0.444. The van der Waals surface area contributed by atoms with Crippen LogP contribution in [0.4, 0.5) is 5.69 Å². The van der Waals surface area contributed by atoms with Crippen LogP contribution in [0.15, 0.2) is 39.5 Å². The summed E-state index contributed by atoms with van der Waals surface area (Å²) < 4.78 is 0.963. The molecular formula is C14H12BrN3O2S. The van der Waals surface area contributed by atoms with Crippen LogP contribution in [0.2, 0.25) is 0 Å². The molecule has 3 rings (SSSR count). The van der Waals surface area contributed by atoms with E-state index in [4.69, 9.17) is 5.73 Å². The molecule has 0 spiro atoms. The van der Waals surface area contributed by atoms with Crippen LogP contribution in [0.3, 0.4) is 0 Å². The summed E-state index contributed by atoms with van der Waals surface area (Å²) in [4.78, 5) is 25.5. The van der Waals surface area contributed by atoms with Gasteiger partial charge in [0.2, 0.25) is 5.91 Å². The summed E-state index contributed by atoms with van der Waals surface area (Å²) in [5.41, 5.74) is 7.53. The van der Waals surface area contributed by atoms with Crippen molar-refractivity contribution in [3.05, 3.63) is 50.6 Å². The third-order valence-electron chi connectivity index (χ3n) is 3.27. The highest BCUT2D eigenvalue weighted by atomic mass is 79.9. The second kappa shape index (κ2) is 5.50. The summed E-state index contributed by atoms with van der Waals surface area (Å²) in [6, 6.07) is 9.12. The van der Waals surface area contributed by atoms with Gasteiger partial charge in [-0.2, -0.15) is 0 Å². The lowest BCUT2D eigenvalue weighted by Crippen LogP contribution is -2.49. The van der Waals surface area contributed by atoms with Gasteiger partial charge in [-0.1, -0.05) is 12.1 Å². The van der Waals surface area contributed by atoms with E-state index in [2.05, 4.69) is 21.2 Å². The number of halogens is 1. The van der Waals surface area contributed by atoms with E-state index >= 15 is 0 Å². The molecule has 2 aromatic rings. The van der Waals surface area contributed by atoms with E-state index < -0.39 is 12.1 Å². The van der Waals surface area contributed by atoms with Gasteiger partial charge in [0.1, 0.15) is 6.17 Å². The summed E-state index contributed by atoms with van der Waals surface area (Å²) >= 11 is 4.94. The summed E-state index contributed by atoms with van der Waals surface area (Å²) in [5, 5.41) is 4.86. The molecule has 108 valence electrons. The number of hydrogen-bond acceptors (Lipinski definition) is 4. The molecule has 5 nitrogen and oxygen atoms in total. The first-order chi connectivity index (χ1) is 10.1. The zero-order chi connectivity index (χ0) is 15.0. The Bertz CT molecular complexity index is 716. The highest BCUT2D eigenvalue weighted by Crippen LogP contribution is 2.35. The van der Waals surface area contributed by atoms with Crippen molar-refractivity contribution < 1.29 is 9.59 Å². The number of nitrogens with two attached hydrogens (primary N) is 1. The number of nitrogens with zero attached hydrogens (tertiary/aromatic N) is 1. The van der Waals surface area contributed by atoms with Gasteiger partial charge in [-0.25, -0.2) is 0 Å². The normalized spacial score (nSPS) is 17.3. The van der Waals surface area contributed by atoms with Crippen molar-refractivity contribution in [2.24, 2.45) is 5.73 Å². The SMILES string of the molecule is NC(=O)CN1c2ccccc2C(=O)N[C@H]1c1csc(Br)c1. The van der Waals surface area contributed by atoms with Gasteiger partial charge in [0.05, 0.1) is 21.6 Å². The topological polar surface area (TPSA) is 75.4 Å². The van der Waals surface area contributed by atoms with E-state index in [-0.39, 0.29) is 12.5 Å². The molecule has 0 bridgehead atoms. The van der Waals surface area contributed by atoms with Crippen molar-refractivity contribution >= 4 is 44.8 Å². The van der Waals surface area contributed by atoms with Crippen molar-refractivity contribution in [1.29, 1.82) is 0 Å². The minimum Gasteiger partial charge on any atom is -0.368 e. The first kappa shape index (κ1) is 14.1. The average molecular weight is 366 g/mol. The molecule has 1 aromatic carbocycles. The Balaban J connectivity index is 2.08. The fraction of sp³-hybridized carbons (Fsp3) is 0.143. The maximum absolute atomic E-state index is 12.2. The van der Waals surface area contributed by atoms with Gasteiger partial charge in [-0.15, -0.1) is 11.3 Å². The molecule has 3 N–H and O–H groups in total. The molecule has 1 aromatic heterocycles. The Morgan fingerprint density at radius 2 is 2.19 bits per heavy atom. The lowest BCUT2D eigenvalue weighted by atomic mass is 10.0. The van der Waals surface area contributed by atoms with Crippen LogP contribution in [0.5, 0.6) is 0 Å². The number of primary amides is 1. The first-order valence-electron chi connectivity index (χ1n) is 6.25. The lowest BCUT2D eigenvalue weighted by Gasteiger charge is -2.38.